The molecule has 2 aromatic carbocycles. The Morgan fingerprint density at radius 2 is 1.79 bits per heavy atom. The van der Waals surface area contributed by atoms with Crippen molar-refractivity contribution >= 4 is 5.91 Å². The predicted molar refractivity (Wildman–Crippen MR) is 111 cm³/mol. The van der Waals surface area contributed by atoms with Crippen LogP contribution in [0, 0.1) is 5.41 Å². The molecule has 150 valence electrons. The molecule has 0 atom stereocenters. The summed E-state index contributed by atoms with van der Waals surface area (Å²) >= 11 is 0. The second-order valence-corrected chi connectivity index (χ2v) is 7.42. The van der Waals surface area contributed by atoms with Crippen molar-refractivity contribution in [2.24, 2.45) is 5.41 Å². The molecule has 0 saturated carbocycles. The van der Waals surface area contributed by atoms with E-state index in [9.17, 15) is 4.79 Å². The molecule has 0 aromatic heterocycles. The fourth-order valence-electron chi connectivity index (χ4n) is 3.71. The summed E-state index contributed by atoms with van der Waals surface area (Å²) in [7, 11) is 1.73. The number of carbonyl (C=O) groups is 1. The maximum atomic E-state index is 12.3. The van der Waals surface area contributed by atoms with Crippen LogP contribution >= 0.6 is 0 Å². The van der Waals surface area contributed by atoms with Crippen molar-refractivity contribution in [2.75, 3.05) is 40.0 Å². The number of benzene rings is 2. The molecule has 1 amide bonds. The zero-order valence-electron chi connectivity index (χ0n) is 16.6. The van der Waals surface area contributed by atoms with Crippen molar-refractivity contribution in [1.29, 1.82) is 0 Å². The highest BCUT2D eigenvalue weighted by Gasteiger charge is 2.32. The second kappa shape index (κ2) is 10.2. The Morgan fingerprint density at radius 3 is 2.54 bits per heavy atom. The van der Waals surface area contributed by atoms with Crippen LogP contribution in [0.5, 0.6) is 5.75 Å². The molecule has 0 bridgehead atoms. The van der Waals surface area contributed by atoms with Crippen molar-refractivity contribution in [3.8, 4) is 16.9 Å². The standard InChI is InChI=1S/C23H30N2O3/c1-27-18-23(12-14-24-15-13-23)17-25-22(26)11-16-28-21-10-6-5-9-20(21)19-7-3-2-4-8-19/h2-10,24H,11-18H2,1H3,(H,25,26). The number of para-hydroxylation sites is 1. The van der Waals surface area contributed by atoms with Gasteiger partial charge in [0.25, 0.3) is 0 Å². The lowest BCUT2D eigenvalue weighted by molar-refractivity contribution is -0.122. The van der Waals surface area contributed by atoms with E-state index in [1.807, 2.05) is 42.5 Å². The van der Waals surface area contributed by atoms with Crippen LogP contribution in [-0.2, 0) is 9.53 Å². The lowest BCUT2D eigenvalue weighted by Crippen LogP contribution is -2.47. The van der Waals surface area contributed by atoms with Gasteiger partial charge in [-0.2, -0.15) is 0 Å². The lowest BCUT2D eigenvalue weighted by Gasteiger charge is -2.37. The van der Waals surface area contributed by atoms with E-state index in [1.165, 1.54) is 0 Å². The molecular formula is C23H30N2O3. The Kier molecular flexibility index (Phi) is 7.46. The molecule has 3 rings (SSSR count). The van der Waals surface area contributed by atoms with E-state index in [0.717, 1.165) is 42.8 Å². The van der Waals surface area contributed by atoms with Gasteiger partial charge in [-0.15, -0.1) is 0 Å². The molecule has 1 fully saturated rings. The van der Waals surface area contributed by atoms with Gasteiger partial charge in [-0.05, 0) is 37.6 Å². The number of methoxy groups -OCH3 is 1. The summed E-state index contributed by atoms with van der Waals surface area (Å²) in [5.74, 6) is 0.821. The van der Waals surface area contributed by atoms with Crippen LogP contribution < -0.4 is 15.4 Å². The number of piperidine rings is 1. The first-order valence-corrected chi connectivity index (χ1v) is 9.96. The van der Waals surface area contributed by atoms with Crippen molar-refractivity contribution in [3.63, 3.8) is 0 Å². The molecular weight excluding hydrogens is 352 g/mol. The minimum absolute atomic E-state index is 0.0196. The minimum Gasteiger partial charge on any atom is -0.492 e. The molecule has 28 heavy (non-hydrogen) atoms. The summed E-state index contributed by atoms with van der Waals surface area (Å²) in [5.41, 5.74) is 2.18. The third-order valence-corrected chi connectivity index (χ3v) is 5.33. The summed E-state index contributed by atoms with van der Waals surface area (Å²) in [4.78, 5) is 12.3. The first-order chi connectivity index (χ1) is 13.7. The van der Waals surface area contributed by atoms with Crippen LogP contribution in [0.4, 0.5) is 0 Å². The number of amides is 1. The maximum absolute atomic E-state index is 12.3. The first kappa shape index (κ1) is 20.4. The van der Waals surface area contributed by atoms with Crippen molar-refractivity contribution in [2.45, 2.75) is 19.3 Å². The molecule has 1 aliphatic heterocycles. The number of nitrogens with one attached hydrogen (secondary N) is 2. The van der Waals surface area contributed by atoms with Gasteiger partial charge in [0, 0.05) is 24.6 Å². The predicted octanol–water partition coefficient (Wildman–Crippen LogP) is 3.25. The van der Waals surface area contributed by atoms with Gasteiger partial charge in [0.1, 0.15) is 5.75 Å². The fourth-order valence-corrected chi connectivity index (χ4v) is 3.71. The van der Waals surface area contributed by atoms with E-state index in [0.29, 0.717) is 26.2 Å². The van der Waals surface area contributed by atoms with Crippen LogP contribution in [-0.4, -0.2) is 45.9 Å². The van der Waals surface area contributed by atoms with Gasteiger partial charge in [-0.1, -0.05) is 48.5 Å². The Morgan fingerprint density at radius 1 is 1.07 bits per heavy atom. The summed E-state index contributed by atoms with van der Waals surface area (Å²) in [6.45, 7) is 3.63. The van der Waals surface area contributed by atoms with Gasteiger partial charge >= 0.3 is 0 Å². The zero-order chi connectivity index (χ0) is 19.7. The Bertz CT molecular complexity index is 737. The van der Waals surface area contributed by atoms with Gasteiger partial charge < -0.3 is 20.1 Å². The first-order valence-electron chi connectivity index (χ1n) is 9.96. The average Bonchev–Trinajstić information content (AvgIpc) is 2.74. The highest BCUT2D eigenvalue weighted by molar-refractivity contribution is 5.76. The third-order valence-electron chi connectivity index (χ3n) is 5.33. The van der Waals surface area contributed by atoms with Gasteiger partial charge in [-0.3, -0.25) is 4.79 Å². The average molecular weight is 383 g/mol. The van der Waals surface area contributed by atoms with Crippen LogP contribution in [0.2, 0.25) is 0 Å². The quantitative estimate of drug-likeness (QED) is 0.699. The number of ether oxygens (including phenoxy) is 2. The van der Waals surface area contributed by atoms with Crippen molar-refractivity contribution in [1.82, 2.24) is 10.6 Å². The molecule has 5 heteroatoms. The smallest absolute Gasteiger partial charge is 0.223 e. The van der Waals surface area contributed by atoms with Crippen molar-refractivity contribution in [3.05, 3.63) is 54.6 Å². The Balaban J connectivity index is 1.49. The van der Waals surface area contributed by atoms with E-state index >= 15 is 0 Å². The number of rotatable bonds is 9. The van der Waals surface area contributed by atoms with Gasteiger partial charge in [0.05, 0.1) is 19.6 Å². The highest BCUT2D eigenvalue weighted by atomic mass is 16.5. The van der Waals surface area contributed by atoms with Crippen LogP contribution in [0.15, 0.2) is 54.6 Å². The molecule has 0 aliphatic carbocycles. The Labute approximate surface area is 167 Å². The molecule has 2 aromatic rings. The van der Waals surface area contributed by atoms with Gasteiger partial charge in [0.2, 0.25) is 5.91 Å². The van der Waals surface area contributed by atoms with E-state index in [4.69, 9.17) is 9.47 Å². The Hall–Kier alpha value is -2.37. The van der Waals surface area contributed by atoms with E-state index in [2.05, 4.69) is 22.8 Å². The molecule has 1 heterocycles. The van der Waals surface area contributed by atoms with E-state index < -0.39 is 0 Å². The monoisotopic (exact) mass is 382 g/mol. The molecule has 1 aliphatic rings. The molecule has 0 unspecified atom stereocenters. The molecule has 5 nitrogen and oxygen atoms in total. The van der Waals surface area contributed by atoms with E-state index in [-0.39, 0.29) is 11.3 Å². The number of carbonyl (C=O) groups excluding carboxylic acids is 1. The molecule has 1 saturated heterocycles. The van der Waals surface area contributed by atoms with Crippen LogP contribution in [0.25, 0.3) is 11.1 Å². The number of hydrogen-bond acceptors (Lipinski definition) is 4. The highest BCUT2D eigenvalue weighted by Crippen LogP contribution is 2.30. The zero-order valence-corrected chi connectivity index (χ0v) is 16.6. The minimum atomic E-state index is 0.0196. The molecule has 0 radical (unpaired) electrons. The second-order valence-electron chi connectivity index (χ2n) is 7.42. The SMILES string of the molecule is COCC1(CNC(=O)CCOc2ccccc2-c2ccccc2)CCNCC1. The van der Waals surface area contributed by atoms with Crippen LogP contribution in [0.3, 0.4) is 0 Å². The topological polar surface area (TPSA) is 59.6 Å². The van der Waals surface area contributed by atoms with Crippen LogP contribution in [0.1, 0.15) is 19.3 Å². The molecule has 2 N–H and O–H groups in total. The maximum Gasteiger partial charge on any atom is 0.223 e. The largest absolute Gasteiger partial charge is 0.492 e. The summed E-state index contributed by atoms with van der Waals surface area (Å²) in [6.07, 6.45) is 2.37. The van der Waals surface area contributed by atoms with Crippen molar-refractivity contribution < 1.29 is 14.3 Å². The third kappa shape index (κ3) is 5.57. The summed E-state index contributed by atoms with van der Waals surface area (Å²) in [5, 5.41) is 6.45. The summed E-state index contributed by atoms with van der Waals surface area (Å²) < 4.78 is 11.3. The van der Waals surface area contributed by atoms with Gasteiger partial charge in [0.15, 0.2) is 0 Å². The fraction of sp³-hybridized carbons (Fsp3) is 0.435. The van der Waals surface area contributed by atoms with Gasteiger partial charge in [-0.25, -0.2) is 0 Å². The lowest BCUT2D eigenvalue weighted by atomic mass is 9.79. The molecule has 0 spiro atoms. The normalized spacial score (nSPS) is 15.8. The summed E-state index contributed by atoms with van der Waals surface area (Å²) in [6, 6.07) is 18.1. The number of hydrogen-bond donors (Lipinski definition) is 2. The van der Waals surface area contributed by atoms with E-state index in [1.54, 1.807) is 7.11 Å².